The van der Waals surface area contributed by atoms with Crippen LogP contribution >= 0.6 is 15.9 Å². The Bertz CT molecular complexity index is 518. The molecule has 1 amide bonds. The highest BCUT2D eigenvalue weighted by Crippen LogP contribution is 2.25. The van der Waals surface area contributed by atoms with Crippen LogP contribution in [0.2, 0.25) is 0 Å². The summed E-state index contributed by atoms with van der Waals surface area (Å²) in [6.07, 6.45) is 1.04. The summed E-state index contributed by atoms with van der Waals surface area (Å²) in [5.74, 6) is -0.305. The molecule has 0 radical (unpaired) electrons. The first-order chi connectivity index (χ1) is 9.90. The molecule has 0 bridgehead atoms. The fourth-order valence-corrected chi connectivity index (χ4v) is 2.48. The Morgan fingerprint density at radius 1 is 1.43 bits per heavy atom. The number of nitrogens with zero attached hydrogens (tertiary/aromatic N) is 1. The maximum atomic E-state index is 12.0. The molecule has 1 aromatic carbocycles. The molecule has 7 heteroatoms. The minimum Gasteiger partial charge on any atom is -0.391 e. The van der Waals surface area contributed by atoms with Crippen molar-refractivity contribution in [1.82, 2.24) is 5.32 Å². The average Bonchev–Trinajstić information content (AvgIpc) is 2.46. The SMILES string of the molecule is CCC(CC)C(O)CNC(=O)c1ccc(Br)c([N+](=O)[O-])c1. The van der Waals surface area contributed by atoms with Crippen LogP contribution < -0.4 is 5.32 Å². The van der Waals surface area contributed by atoms with Crippen molar-refractivity contribution < 1.29 is 14.8 Å². The number of rotatable bonds is 7. The minimum atomic E-state index is -0.616. The van der Waals surface area contributed by atoms with E-state index in [-0.39, 0.29) is 23.7 Å². The number of hydrogen-bond acceptors (Lipinski definition) is 4. The highest BCUT2D eigenvalue weighted by atomic mass is 79.9. The lowest BCUT2D eigenvalue weighted by molar-refractivity contribution is -0.385. The van der Waals surface area contributed by atoms with E-state index in [2.05, 4.69) is 21.2 Å². The monoisotopic (exact) mass is 358 g/mol. The van der Waals surface area contributed by atoms with Crippen molar-refractivity contribution in [3.05, 3.63) is 38.3 Å². The van der Waals surface area contributed by atoms with Gasteiger partial charge in [-0.25, -0.2) is 0 Å². The fourth-order valence-electron chi connectivity index (χ4n) is 2.09. The number of carbonyl (C=O) groups is 1. The quantitative estimate of drug-likeness (QED) is 0.578. The van der Waals surface area contributed by atoms with E-state index >= 15 is 0 Å². The molecule has 0 aliphatic rings. The third-order valence-corrected chi connectivity index (χ3v) is 4.14. The van der Waals surface area contributed by atoms with Crippen LogP contribution in [0.15, 0.2) is 22.7 Å². The van der Waals surface area contributed by atoms with Crippen molar-refractivity contribution in [3.63, 3.8) is 0 Å². The molecule has 1 aromatic rings. The normalized spacial score (nSPS) is 12.2. The maximum Gasteiger partial charge on any atom is 0.284 e. The lowest BCUT2D eigenvalue weighted by atomic mass is 9.96. The molecule has 1 unspecified atom stereocenters. The van der Waals surface area contributed by atoms with E-state index in [1.54, 1.807) is 0 Å². The molecule has 2 N–H and O–H groups in total. The van der Waals surface area contributed by atoms with Gasteiger partial charge in [0.15, 0.2) is 0 Å². The highest BCUT2D eigenvalue weighted by Gasteiger charge is 2.19. The topological polar surface area (TPSA) is 92.5 Å². The Morgan fingerprint density at radius 2 is 2.05 bits per heavy atom. The van der Waals surface area contributed by atoms with Crippen LogP contribution in [0.3, 0.4) is 0 Å². The zero-order valence-electron chi connectivity index (χ0n) is 12.0. The minimum absolute atomic E-state index is 0.129. The van der Waals surface area contributed by atoms with Crippen LogP contribution in [-0.4, -0.2) is 28.6 Å². The van der Waals surface area contributed by atoms with Crippen LogP contribution in [0.25, 0.3) is 0 Å². The first kappa shape index (κ1) is 17.6. The van der Waals surface area contributed by atoms with Crippen molar-refractivity contribution in [3.8, 4) is 0 Å². The highest BCUT2D eigenvalue weighted by molar-refractivity contribution is 9.10. The second-order valence-corrected chi connectivity index (χ2v) is 5.63. The summed E-state index contributed by atoms with van der Waals surface area (Å²) in [4.78, 5) is 22.3. The van der Waals surface area contributed by atoms with E-state index in [0.29, 0.717) is 4.47 Å². The van der Waals surface area contributed by atoms with Gasteiger partial charge in [0.05, 0.1) is 15.5 Å². The van der Waals surface area contributed by atoms with E-state index in [1.807, 2.05) is 13.8 Å². The molecule has 116 valence electrons. The van der Waals surface area contributed by atoms with Gasteiger partial charge in [-0.05, 0) is 34.0 Å². The van der Waals surface area contributed by atoms with Crippen molar-refractivity contribution in [1.29, 1.82) is 0 Å². The van der Waals surface area contributed by atoms with Gasteiger partial charge in [0.1, 0.15) is 0 Å². The van der Waals surface area contributed by atoms with Crippen LogP contribution in [-0.2, 0) is 0 Å². The Kier molecular flexibility index (Phi) is 6.77. The molecule has 0 aromatic heterocycles. The van der Waals surface area contributed by atoms with Gasteiger partial charge in [0, 0.05) is 18.2 Å². The number of aliphatic hydroxyl groups excluding tert-OH is 1. The largest absolute Gasteiger partial charge is 0.391 e. The third-order valence-electron chi connectivity index (χ3n) is 3.47. The van der Waals surface area contributed by atoms with Crippen molar-refractivity contribution in [2.75, 3.05) is 6.54 Å². The molecule has 6 nitrogen and oxygen atoms in total. The Morgan fingerprint density at radius 3 is 2.57 bits per heavy atom. The number of benzene rings is 1. The first-order valence-corrected chi connectivity index (χ1v) is 7.60. The van der Waals surface area contributed by atoms with E-state index in [4.69, 9.17) is 0 Å². The van der Waals surface area contributed by atoms with Crippen molar-refractivity contribution >= 4 is 27.5 Å². The second-order valence-electron chi connectivity index (χ2n) is 4.78. The molecular formula is C14H19BrN2O4. The molecule has 0 saturated heterocycles. The van der Waals surface area contributed by atoms with Crippen LogP contribution in [0.4, 0.5) is 5.69 Å². The molecule has 21 heavy (non-hydrogen) atoms. The Labute approximate surface area is 131 Å². The molecule has 0 spiro atoms. The lowest BCUT2D eigenvalue weighted by Crippen LogP contribution is -2.36. The molecule has 1 rings (SSSR count). The van der Waals surface area contributed by atoms with Crippen molar-refractivity contribution in [2.45, 2.75) is 32.8 Å². The average molecular weight is 359 g/mol. The van der Waals surface area contributed by atoms with Crippen LogP contribution in [0.1, 0.15) is 37.0 Å². The lowest BCUT2D eigenvalue weighted by Gasteiger charge is -2.20. The number of nitro groups is 1. The van der Waals surface area contributed by atoms with Gasteiger partial charge in [-0.2, -0.15) is 0 Å². The third kappa shape index (κ3) is 4.78. The molecule has 0 heterocycles. The number of aliphatic hydroxyl groups is 1. The van der Waals surface area contributed by atoms with Crippen molar-refractivity contribution in [2.24, 2.45) is 5.92 Å². The van der Waals surface area contributed by atoms with E-state index in [9.17, 15) is 20.0 Å². The molecule has 0 fully saturated rings. The Balaban J connectivity index is 2.72. The standard InChI is InChI=1S/C14H19BrN2O4/c1-3-9(4-2)13(18)8-16-14(19)10-5-6-11(15)12(7-10)17(20)21/h5-7,9,13,18H,3-4,8H2,1-2H3,(H,16,19). The van der Waals surface area contributed by atoms with Crippen LogP contribution in [0, 0.1) is 16.0 Å². The predicted octanol–water partition coefficient (Wildman–Crippen LogP) is 2.88. The molecule has 0 saturated carbocycles. The molecule has 0 aliphatic heterocycles. The van der Waals surface area contributed by atoms with E-state index in [0.717, 1.165) is 12.8 Å². The number of hydrogen-bond donors (Lipinski definition) is 2. The molecular weight excluding hydrogens is 340 g/mol. The number of halogens is 1. The smallest absolute Gasteiger partial charge is 0.284 e. The summed E-state index contributed by atoms with van der Waals surface area (Å²) >= 11 is 3.07. The summed E-state index contributed by atoms with van der Waals surface area (Å²) in [6, 6.07) is 4.17. The number of nitrogens with one attached hydrogen (secondary N) is 1. The van der Waals surface area contributed by atoms with E-state index < -0.39 is 16.9 Å². The van der Waals surface area contributed by atoms with E-state index in [1.165, 1.54) is 18.2 Å². The van der Waals surface area contributed by atoms with Gasteiger partial charge in [0.2, 0.25) is 0 Å². The first-order valence-electron chi connectivity index (χ1n) is 6.80. The summed E-state index contributed by atoms with van der Waals surface area (Å²) in [6.45, 7) is 4.10. The number of nitro benzene ring substituents is 1. The molecule has 1 atom stereocenters. The van der Waals surface area contributed by atoms with Gasteiger partial charge in [-0.1, -0.05) is 26.7 Å². The summed E-state index contributed by atoms with van der Waals surface area (Å²) in [5, 5.41) is 23.4. The predicted molar refractivity (Wildman–Crippen MR) is 83.2 cm³/mol. The summed E-state index contributed by atoms with van der Waals surface area (Å²) in [5.41, 5.74) is 0.0323. The van der Waals surface area contributed by atoms with Gasteiger partial charge in [-0.15, -0.1) is 0 Å². The number of carbonyl (C=O) groups excluding carboxylic acids is 1. The summed E-state index contributed by atoms with van der Waals surface area (Å²) < 4.78 is 0.320. The summed E-state index contributed by atoms with van der Waals surface area (Å²) in [7, 11) is 0. The maximum absolute atomic E-state index is 12.0. The van der Waals surface area contributed by atoms with Gasteiger partial charge in [-0.3, -0.25) is 14.9 Å². The zero-order valence-corrected chi connectivity index (χ0v) is 13.6. The van der Waals surface area contributed by atoms with Gasteiger partial charge >= 0.3 is 0 Å². The molecule has 0 aliphatic carbocycles. The van der Waals surface area contributed by atoms with Crippen LogP contribution in [0.5, 0.6) is 0 Å². The van der Waals surface area contributed by atoms with Gasteiger partial charge in [0.25, 0.3) is 11.6 Å². The number of amides is 1. The Hall–Kier alpha value is -1.47. The fraction of sp³-hybridized carbons (Fsp3) is 0.500. The van der Waals surface area contributed by atoms with Gasteiger partial charge < -0.3 is 10.4 Å². The zero-order chi connectivity index (χ0) is 16.0. The second kappa shape index (κ2) is 8.09.